The van der Waals surface area contributed by atoms with Gasteiger partial charge in [0.1, 0.15) is 21.8 Å². The van der Waals surface area contributed by atoms with Crippen molar-refractivity contribution in [3.05, 3.63) is 47.4 Å². The van der Waals surface area contributed by atoms with E-state index in [-0.39, 0.29) is 36.4 Å². The van der Waals surface area contributed by atoms with Crippen molar-refractivity contribution in [2.24, 2.45) is 10.7 Å². The maximum atomic E-state index is 13.0. The lowest BCUT2D eigenvalue weighted by atomic mass is 9.86. The normalized spacial score (nSPS) is 22.7. The number of nitrogens with two attached hydrogens (primary N) is 1. The molecule has 0 fully saturated rings. The van der Waals surface area contributed by atoms with E-state index in [1.165, 1.54) is 13.8 Å². The number of anilines is 1. The van der Waals surface area contributed by atoms with E-state index in [1.54, 1.807) is 18.2 Å². The molecule has 2 aromatic rings. The van der Waals surface area contributed by atoms with Gasteiger partial charge in [0.15, 0.2) is 16.4 Å². The first-order valence-corrected chi connectivity index (χ1v) is 12.0. The molecule has 0 bridgehead atoms. The zero-order chi connectivity index (χ0) is 25.6. The lowest BCUT2D eigenvalue weighted by Crippen LogP contribution is -2.57. The second-order valence-electron chi connectivity index (χ2n) is 8.76. The van der Waals surface area contributed by atoms with E-state index in [9.17, 15) is 26.4 Å². The summed E-state index contributed by atoms with van der Waals surface area (Å²) in [5.41, 5.74) is 6.22. The highest BCUT2D eigenvalue weighted by Gasteiger charge is 2.52. The first kappa shape index (κ1) is 24.9. The summed E-state index contributed by atoms with van der Waals surface area (Å²) in [6, 6.07) is 4.89. The molecule has 1 unspecified atom stereocenters. The predicted molar refractivity (Wildman–Crippen MR) is 119 cm³/mol. The van der Waals surface area contributed by atoms with Gasteiger partial charge in [-0.05, 0) is 37.1 Å². The molecule has 1 atom stereocenters. The number of rotatable bonds is 4. The zero-order valence-electron chi connectivity index (χ0n) is 18.7. The molecular formula is C21H22F3N5O5S. The number of aromatic nitrogens is 2. The van der Waals surface area contributed by atoms with Gasteiger partial charge in [-0.15, -0.1) is 0 Å². The summed E-state index contributed by atoms with van der Waals surface area (Å²) in [5.74, 6) is -1.41. The Bertz CT molecular complexity index is 1300. The first-order chi connectivity index (χ1) is 16.2. The van der Waals surface area contributed by atoms with Crippen molar-refractivity contribution in [2.45, 2.75) is 36.9 Å². The minimum absolute atomic E-state index is 0.00171. The van der Waals surface area contributed by atoms with Crippen LogP contribution in [0.3, 0.4) is 0 Å². The molecule has 188 valence electrons. The van der Waals surface area contributed by atoms with Crippen molar-refractivity contribution in [1.29, 1.82) is 0 Å². The second kappa shape index (κ2) is 8.45. The molecule has 10 nitrogen and oxygen atoms in total. The SMILES string of the molecule is CC1(C)C(N)=NC2(COCc3ccc(NC(=O)c4cnc(OCC(F)(F)F)cn4)cc32)CS1(=O)=O. The molecule has 1 spiro atoms. The lowest BCUT2D eigenvalue weighted by molar-refractivity contribution is -0.154. The van der Waals surface area contributed by atoms with Crippen LogP contribution in [0, 0.1) is 0 Å². The minimum atomic E-state index is -4.53. The molecule has 1 aromatic heterocycles. The Kier molecular flexibility index (Phi) is 6.00. The number of ether oxygens (including phenoxy) is 2. The number of nitrogens with zero attached hydrogens (tertiary/aromatic N) is 3. The Morgan fingerprint density at radius 3 is 2.63 bits per heavy atom. The van der Waals surface area contributed by atoms with E-state index < -0.39 is 38.8 Å². The fourth-order valence-electron chi connectivity index (χ4n) is 3.74. The monoisotopic (exact) mass is 513 g/mol. The predicted octanol–water partition coefficient (Wildman–Crippen LogP) is 1.96. The summed E-state index contributed by atoms with van der Waals surface area (Å²) in [5, 5.41) is 2.62. The van der Waals surface area contributed by atoms with Gasteiger partial charge in [-0.1, -0.05) is 6.07 Å². The van der Waals surface area contributed by atoms with E-state index >= 15 is 0 Å². The third-order valence-corrected chi connectivity index (χ3v) is 8.49. The third-order valence-electron chi connectivity index (χ3n) is 5.87. The number of amidine groups is 1. The zero-order valence-corrected chi connectivity index (χ0v) is 19.5. The number of aliphatic imine (C=N–C) groups is 1. The summed E-state index contributed by atoms with van der Waals surface area (Å²) in [6.07, 6.45) is -2.64. The van der Waals surface area contributed by atoms with Crippen molar-refractivity contribution >= 4 is 27.3 Å². The van der Waals surface area contributed by atoms with Crippen molar-refractivity contribution in [3.63, 3.8) is 0 Å². The van der Waals surface area contributed by atoms with Gasteiger partial charge in [-0.2, -0.15) is 13.2 Å². The number of sulfone groups is 1. The summed E-state index contributed by atoms with van der Waals surface area (Å²) in [6.45, 7) is 1.69. The highest BCUT2D eigenvalue weighted by Crippen LogP contribution is 2.42. The maximum absolute atomic E-state index is 13.0. The van der Waals surface area contributed by atoms with E-state index in [2.05, 4.69) is 25.0 Å². The van der Waals surface area contributed by atoms with Crippen molar-refractivity contribution in [2.75, 3.05) is 24.3 Å². The summed E-state index contributed by atoms with van der Waals surface area (Å²) in [4.78, 5) is 24.6. The fraction of sp³-hybridized carbons (Fsp3) is 0.429. The molecule has 0 aliphatic carbocycles. The van der Waals surface area contributed by atoms with Gasteiger partial charge in [-0.25, -0.2) is 18.4 Å². The Balaban J connectivity index is 1.58. The highest BCUT2D eigenvalue weighted by atomic mass is 32.2. The molecule has 0 saturated heterocycles. The number of halogens is 3. The summed E-state index contributed by atoms with van der Waals surface area (Å²) < 4.78 is 71.5. The number of carbonyl (C=O) groups is 1. The van der Waals surface area contributed by atoms with E-state index in [0.29, 0.717) is 16.8 Å². The van der Waals surface area contributed by atoms with Crippen molar-refractivity contribution < 1.29 is 35.9 Å². The Morgan fingerprint density at radius 2 is 2.00 bits per heavy atom. The van der Waals surface area contributed by atoms with Crippen molar-refractivity contribution in [3.8, 4) is 5.88 Å². The second-order valence-corrected chi connectivity index (χ2v) is 11.3. The van der Waals surface area contributed by atoms with Crippen LogP contribution in [-0.4, -0.2) is 60.0 Å². The molecule has 2 aliphatic rings. The molecule has 4 rings (SSSR count). The van der Waals surface area contributed by atoms with Crippen LogP contribution >= 0.6 is 0 Å². The Hall–Kier alpha value is -3.26. The van der Waals surface area contributed by atoms with Gasteiger partial charge < -0.3 is 20.5 Å². The maximum Gasteiger partial charge on any atom is 0.422 e. The van der Waals surface area contributed by atoms with Crippen LogP contribution in [0.4, 0.5) is 18.9 Å². The van der Waals surface area contributed by atoms with E-state index in [0.717, 1.165) is 12.4 Å². The fourth-order valence-corrected chi connectivity index (χ4v) is 5.40. The molecular weight excluding hydrogens is 491 g/mol. The minimum Gasteiger partial charge on any atom is -0.467 e. The molecule has 0 radical (unpaired) electrons. The summed E-state index contributed by atoms with van der Waals surface area (Å²) >= 11 is 0. The number of hydrogen-bond acceptors (Lipinski definition) is 9. The molecule has 1 amide bonds. The number of carbonyl (C=O) groups excluding carboxylic acids is 1. The highest BCUT2D eigenvalue weighted by molar-refractivity contribution is 7.93. The number of alkyl halides is 3. The molecule has 3 N–H and O–H groups in total. The lowest BCUT2D eigenvalue weighted by Gasteiger charge is -2.42. The largest absolute Gasteiger partial charge is 0.467 e. The van der Waals surface area contributed by atoms with Crippen LogP contribution in [-0.2, 0) is 26.7 Å². The van der Waals surface area contributed by atoms with E-state index in [4.69, 9.17) is 10.5 Å². The number of benzene rings is 1. The quantitative estimate of drug-likeness (QED) is 0.631. The van der Waals surface area contributed by atoms with Gasteiger partial charge in [0, 0.05) is 5.69 Å². The van der Waals surface area contributed by atoms with Crippen molar-refractivity contribution in [1.82, 2.24) is 9.97 Å². The average molecular weight is 513 g/mol. The standard InChI is InChI=1S/C21H22F3N5O5S/c1-19(2)18(25)29-20(11-35(19,31)32)9-33-8-12-3-4-13(5-14(12)20)28-17(30)15-6-27-16(7-26-15)34-10-21(22,23)24/h3-7H,8-11H2,1-2H3,(H2,25,29)(H,28,30). The molecule has 35 heavy (non-hydrogen) atoms. The van der Waals surface area contributed by atoms with Crippen LogP contribution in [0.1, 0.15) is 35.5 Å². The van der Waals surface area contributed by atoms with Crippen LogP contribution in [0.25, 0.3) is 0 Å². The van der Waals surface area contributed by atoms with Crippen LogP contribution in [0.2, 0.25) is 0 Å². The van der Waals surface area contributed by atoms with Gasteiger partial charge in [0.05, 0.1) is 31.4 Å². The number of fused-ring (bicyclic) bond motifs is 2. The third kappa shape index (κ3) is 4.80. The number of amides is 1. The Morgan fingerprint density at radius 1 is 1.26 bits per heavy atom. The molecule has 14 heteroatoms. The Labute approximate surface area is 198 Å². The van der Waals surface area contributed by atoms with Gasteiger partial charge in [0.2, 0.25) is 5.88 Å². The number of nitrogens with one attached hydrogen (secondary N) is 1. The van der Waals surface area contributed by atoms with Crippen LogP contribution < -0.4 is 15.8 Å². The number of hydrogen-bond donors (Lipinski definition) is 2. The van der Waals surface area contributed by atoms with Crippen LogP contribution in [0.15, 0.2) is 35.6 Å². The van der Waals surface area contributed by atoms with E-state index in [1.807, 2.05) is 0 Å². The van der Waals surface area contributed by atoms with Gasteiger partial charge >= 0.3 is 6.18 Å². The molecule has 2 aliphatic heterocycles. The first-order valence-electron chi connectivity index (χ1n) is 10.3. The summed E-state index contributed by atoms with van der Waals surface area (Å²) in [7, 11) is -3.68. The average Bonchev–Trinajstić information content (AvgIpc) is 2.77. The smallest absolute Gasteiger partial charge is 0.422 e. The van der Waals surface area contributed by atoms with Gasteiger partial charge in [0.25, 0.3) is 5.91 Å². The molecule has 1 aromatic carbocycles. The molecule has 0 saturated carbocycles. The van der Waals surface area contributed by atoms with Crippen LogP contribution in [0.5, 0.6) is 5.88 Å². The van der Waals surface area contributed by atoms with Gasteiger partial charge in [-0.3, -0.25) is 9.79 Å². The molecule has 3 heterocycles. The topological polar surface area (TPSA) is 146 Å².